The Balaban J connectivity index is 1.60. The van der Waals surface area contributed by atoms with Crippen molar-refractivity contribution in [1.29, 1.82) is 0 Å². The Morgan fingerprint density at radius 2 is 2.12 bits per heavy atom. The van der Waals surface area contributed by atoms with Crippen LogP contribution in [0.3, 0.4) is 0 Å². The van der Waals surface area contributed by atoms with Gasteiger partial charge in [0.25, 0.3) is 5.56 Å². The van der Waals surface area contributed by atoms with Crippen molar-refractivity contribution < 1.29 is 9.53 Å². The SMILES string of the molecule is CC(Nc1nccc(N2CCOC2=O)n1)c1cc2ccccc2[nH]c1=O. The molecule has 2 aromatic heterocycles. The maximum Gasteiger partial charge on any atom is 0.415 e. The summed E-state index contributed by atoms with van der Waals surface area (Å²) in [6.45, 7) is 2.66. The monoisotopic (exact) mass is 351 g/mol. The molecule has 1 aliphatic heterocycles. The minimum atomic E-state index is -0.423. The maximum atomic E-state index is 12.4. The van der Waals surface area contributed by atoms with Gasteiger partial charge < -0.3 is 15.0 Å². The summed E-state index contributed by atoms with van der Waals surface area (Å²) < 4.78 is 4.93. The lowest BCUT2D eigenvalue weighted by Crippen LogP contribution is -2.25. The molecule has 0 bridgehead atoms. The fraction of sp³-hybridized carbons (Fsp3) is 0.222. The molecule has 0 saturated carbocycles. The molecule has 1 atom stereocenters. The molecule has 26 heavy (non-hydrogen) atoms. The number of nitrogens with one attached hydrogen (secondary N) is 2. The van der Waals surface area contributed by atoms with E-state index in [0.29, 0.717) is 30.5 Å². The van der Waals surface area contributed by atoms with E-state index in [2.05, 4.69) is 20.3 Å². The van der Waals surface area contributed by atoms with Crippen LogP contribution in [0, 0.1) is 0 Å². The van der Waals surface area contributed by atoms with E-state index in [4.69, 9.17) is 4.74 Å². The van der Waals surface area contributed by atoms with Crippen molar-refractivity contribution in [3.8, 4) is 0 Å². The number of carbonyl (C=O) groups is 1. The molecule has 1 fully saturated rings. The zero-order valence-corrected chi connectivity index (χ0v) is 14.1. The number of anilines is 2. The summed E-state index contributed by atoms with van der Waals surface area (Å²) in [6.07, 6.45) is 1.14. The number of amides is 1. The molecule has 4 rings (SSSR count). The van der Waals surface area contributed by atoms with Crippen LogP contribution in [0.1, 0.15) is 18.5 Å². The number of pyridine rings is 1. The second kappa shape index (κ2) is 6.47. The zero-order chi connectivity index (χ0) is 18.1. The lowest BCUT2D eigenvalue weighted by atomic mass is 10.1. The molecule has 1 saturated heterocycles. The van der Waals surface area contributed by atoms with Crippen molar-refractivity contribution in [2.45, 2.75) is 13.0 Å². The Labute approximate surface area is 148 Å². The van der Waals surface area contributed by atoms with E-state index in [1.807, 2.05) is 37.3 Å². The molecule has 132 valence electrons. The number of benzene rings is 1. The number of cyclic esters (lactones) is 1. The minimum absolute atomic E-state index is 0.164. The number of hydrogen-bond acceptors (Lipinski definition) is 6. The van der Waals surface area contributed by atoms with Crippen molar-refractivity contribution in [3.63, 3.8) is 0 Å². The summed E-state index contributed by atoms with van der Waals surface area (Å²) in [5.74, 6) is 0.798. The summed E-state index contributed by atoms with van der Waals surface area (Å²) in [5, 5.41) is 4.07. The van der Waals surface area contributed by atoms with Crippen LogP contribution in [-0.2, 0) is 4.74 Å². The van der Waals surface area contributed by atoms with Crippen LogP contribution >= 0.6 is 0 Å². The molecular formula is C18H17N5O3. The number of rotatable bonds is 4. The molecule has 1 aromatic carbocycles. The van der Waals surface area contributed by atoms with Gasteiger partial charge in [-0.05, 0) is 30.5 Å². The van der Waals surface area contributed by atoms with Crippen LogP contribution in [0.2, 0.25) is 0 Å². The summed E-state index contributed by atoms with van der Waals surface area (Å²) in [7, 11) is 0. The molecule has 8 heteroatoms. The number of H-pyrrole nitrogens is 1. The first-order valence-corrected chi connectivity index (χ1v) is 8.27. The first-order valence-electron chi connectivity index (χ1n) is 8.27. The van der Waals surface area contributed by atoms with E-state index in [9.17, 15) is 9.59 Å². The summed E-state index contributed by atoms with van der Waals surface area (Å²) in [5.41, 5.74) is 1.21. The molecule has 1 aliphatic rings. The number of carbonyl (C=O) groups excluding carboxylic acids is 1. The van der Waals surface area contributed by atoms with Crippen molar-refractivity contribution in [2.24, 2.45) is 0 Å². The van der Waals surface area contributed by atoms with Crippen molar-refractivity contribution in [2.75, 3.05) is 23.4 Å². The number of para-hydroxylation sites is 1. The third-order valence-electron chi connectivity index (χ3n) is 4.27. The Bertz CT molecular complexity index is 1030. The van der Waals surface area contributed by atoms with Gasteiger partial charge in [-0.2, -0.15) is 4.98 Å². The highest BCUT2D eigenvalue weighted by Gasteiger charge is 2.25. The fourth-order valence-corrected chi connectivity index (χ4v) is 2.93. The Morgan fingerprint density at radius 1 is 1.27 bits per heavy atom. The van der Waals surface area contributed by atoms with Gasteiger partial charge in [0.1, 0.15) is 12.4 Å². The van der Waals surface area contributed by atoms with Gasteiger partial charge in [0.05, 0.1) is 12.6 Å². The minimum Gasteiger partial charge on any atom is -0.447 e. The van der Waals surface area contributed by atoms with E-state index in [1.54, 1.807) is 12.3 Å². The number of nitrogens with zero attached hydrogens (tertiary/aromatic N) is 3. The molecule has 0 spiro atoms. The highest BCUT2D eigenvalue weighted by molar-refractivity contribution is 5.88. The highest BCUT2D eigenvalue weighted by atomic mass is 16.6. The molecule has 8 nitrogen and oxygen atoms in total. The van der Waals surface area contributed by atoms with Gasteiger partial charge in [0.15, 0.2) is 0 Å². The van der Waals surface area contributed by atoms with Gasteiger partial charge in [-0.1, -0.05) is 18.2 Å². The van der Waals surface area contributed by atoms with Crippen LogP contribution < -0.4 is 15.8 Å². The van der Waals surface area contributed by atoms with E-state index in [-0.39, 0.29) is 11.6 Å². The maximum absolute atomic E-state index is 12.4. The number of aromatic nitrogens is 3. The van der Waals surface area contributed by atoms with Crippen molar-refractivity contribution in [1.82, 2.24) is 15.0 Å². The van der Waals surface area contributed by atoms with Crippen LogP contribution in [-0.4, -0.2) is 34.2 Å². The Morgan fingerprint density at radius 3 is 2.92 bits per heavy atom. The smallest absolute Gasteiger partial charge is 0.415 e. The normalized spacial score (nSPS) is 15.1. The van der Waals surface area contributed by atoms with Crippen LogP contribution in [0.5, 0.6) is 0 Å². The Kier molecular flexibility index (Phi) is 4.00. The van der Waals surface area contributed by atoms with Gasteiger partial charge in [0, 0.05) is 17.3 Å². The molecule has 3 heterocycles. The predicted molar refractivity (Wildman–Crippen MR) is 97.3 cm³/mol. The summed E-state index contributed by atoms with van der Waals surface area (Å²) in [6, 6.07) is 10.8. The quantitative estimate of drug-likeness (QED) is 0.749. The van der Waals surface area contributed by atoms with Crippen LogP contribution in [0.15, 0.2) is 47.4 Å². The van der Waals surface area contributed by atoms with Gasteiger partial charge in [0.2, 0.25) is 5.95 Å². The number of fused-ring (bicyclic) bond motifs is 1. The third-order valence-corrected chi connectivity index (χ3v) is 4.27. The van der Waals surface area contributed by atoms with Gasteiger partial charge in [-0.3, -0.25) is 9.69 Å². The zero-order valence-electron chi connectivity index (χ0n) is 14.1. The highest BCUT2D eigenvalue weighted by Crippen LogP contribution is 2.20. The average Bonchev–Trinajstić information content (AvgIpc) is 3.07. The van der Waals surface area contributed by atoms with E-state index in [1.165, 1.54) is 4.90 Å². The molecule has 2 N–H and O–H groups in total. The second-order valence-electron chi connectivity index (χ2n) is 6.01. The van der Waals surface area contributed by atoms with Gasteiger partial charge in [-0.25, -0.2) is 9.78 Å². The van der Waals surface area contributed by atoms with Gasteiger partial charge >= 0.3 is 6.09 Å². The van der Waals surface area contributed by atoms with E-state index in [0.717, 1.165) is 10.9 Å². The standard InChI is InChI=1S/C18H17N5O3/c1-11(13-10-12-4-2-3-5-14(12)21-16(13)24)20-17-19-7-6-15(22-17)23-8-9-26-18(23)25/h2-7,10-11H,8-9H2,1H3,(H,21,24)(H,19,20,22). The van der Waals surface area contributed by atoms with E-state index < -0.39 is 6.09 Å². The summed E-state index contributed by atoms with van der Waals surface area (Å²) in [4.78, 5) is 36.9. The Hall–Kier alpha value is -3.42. The average molecular weight is 351 g/mol. The molecule has 1 amide bonds. The number of hydrogen-bond donors (Lipinski definition) is 2. The number of ether oxygens (including phenoxy) is 1. The topological polar surface area (TPSA) is 100 Å². The van der Waals surface area contributed by atoms with Gasteiger partial charge in [-0.15, -0.1) is 0 Å². The molecule has 0 radical (unpaired) electrons. The largest absolute Gasteiger partial charge is 0.447 e. The molecular weight excluding hydrogens is 334 g/mol. The lowest BCUT2D eigenvalue weighted by Gasteiger charge is -2.16. The predicted octanol–water partition coefficient (Wildman–Crippen LogP) is 2.45. The fourth-order valence-electron chi connectivity index (χ4n) is 2.93. The van der Waals surface area contributed by atoms with E-state index >= 15 is 0 Å². The van der Waals surface area contributed by atoms with Crippen molar-refractivity contribution in [3.05, 3.63) is 58.5 Å². The second-order valence-corrected chi connectivity index (χ2v) is 6.01. The first kappa shape index (κ1) is 16.1. The lowest BCUT2D eigenvalue weighted by molar-refractivity contribution is 0.181. The van der Waals surface area contributed by atoms with Crippen LogP contribution in [0.4, 0.5) is 16.6 Å². The third kappa shape index (κ3) is 2.97. The number of aromatic amines is 1. The van der Waals surface area contributed by atoms with Crippen molar-refractivity contribution >= 4 is 28.8 Å². The molecule has 3 aromatic rings. The molecule has 0 aliphatic carbocycles. The molecule has 1 unspecified atom stereocenters. The first-order chi connectivity index (χ1) is 12.6. The summed E-state index contributed by atoms with van der Waals surface area (Å²) >= 11 is 0. The van der Waals surface area contributed by atoms with Crippen LogP contribution in [0.25, 0.3) is 10.9 Å².